The van der Waals surface area contributed by atoms with E-state index in [-0.39, 0.29) is 5.97 Å². The molecule has 0 N–H and O–H groups in total. The zero-order chi connectivity index (χ0) is 18.2. The molecule has 0 aromatic heterocycles. The van der Waals surface area contributed by atoms with Crippen LogP contribution in [-0.2, 0) is 16.0 Å². The van der Waals surface area contributed by atoms with E-state index in [0.29, 0.717) is 13.0 Å². The van der Waals surface area contributed by atoms with Crippen LogP contribution in [0.15, 0.2) is 84.9 Å². The second-order valence-electron chi connectivity index (χ2n) is 6.00. The van der Waals surface area contributed by atoms with Crippen LogP contribution in [0.5, 0.6) is 0 Å². The van der Waals surface area contributed by atoms with Gasteiger partial charge in [0, 0.05) is 29.9 Å². The molecule has 0 saturated carbocycles. The Labute approximate surface area is 154 Å². The molecule has 3 nitrogen and oxygen atoms in total. The molecule has 132 valence electrons. The van der Waals surface area contributed by atoms with Gasteiger partial charge in [0.05, 0.1) is 6.61 Å². The molecule has 0 spiro atoms. The highest BCUT2D eigenvalue weighted by atomic mass is 16.5. The summed E-state index contributed by atoms with van der Waals surface area (Å²) in [5.41, 5.74) is 4.47. The monoisotopic (exact) mass is 345 g/mol. The van der Waals surface area contributed by atoms with Gasteiger partial charge in [0.1, 0.15) is 0 Å². The molecule has 0 fully saturated rings. The maximum Gasteiger partial charge on any atom is 0.305 e. The molecule has 3 aromatic carbocycles. The summed E-state index contributed by atoms with van der Waals surface area (Å²) in [6, 6.07) is 29.0. The number of carbonyl (C=O) groups excluding carboxylic acids is 1. The molecule has 3 heteroatoms. The molecule has 0 atom stereocenters. The van der Waals surface area contributed by atoms with Gasteiger partial charge >= 0.3 is 5.97 Å². The number of nitrogens with zero attached hydrogens (tertiary/aromatic N) is 1. The van der Waals surface area contributed by atoms with Gasteiger partial charge in [-0.15, -0.1) is 0 Å². The molecule has 0 bridgehead atoms. The lowest BCUT2D eigenvalue weighted by atomic mass is 10.1. The van der Waals surface area contributed by atoms with E-state index in [0.717, 1.165) is 29.0 Å². The molecule has 0 aliphatic rings. The van der Waals surface area contributed by atoms with E-state index >= 15 is 0 Å². The molecule has 0 aliphatic carbocycles. The largest absolute Gasteiger partial charge is 0.465 e. The molecule has 0 saturated heterocycles. The Hall–Kier alpha value is -3.07. The molecular formula is C23H23NO2. The minimum atomic E-state index is -0.152. The average Bonchev–Trinajstić information content (AvgIpc) is 2.71. The fourth-order valence-electron chi connectivity index (χ4n) is 2.80. The number of esters is 1. The Morgan fingerprint density at radius 3 is 1.77 bits per heavy atom. The number of hydrogen-bond acceptors (Lipinski definition) is 3. The highest BCUT2D eigenvalue weighted by molar-refractivity contribution is 5.76. The van der Waals surface area contributed by atoms with Crippen molar-refractivity contribution < 1.29 is 9.53 Å². The maximum absolute atomic E-state index is 11.2. The topological polar surface area (TPSA) is 29.5 Å². The summed E-state index contributed by atoms with van der Waals surface area (Å²) in [4.78, 5) is 13.5. The van der Waals surface area contributed by atoms with E-state index < -0.39 is 0 Å². The zero-order valence-corrected chi connectivity index (χ0v) is 15.0. The van der Waals surface area contributed by atoms with Crippen LogP contribution in [0.3, 0.4) is 0 Å². The summed E-state index contributed by atoms with van der Waals surface area (Å²) in [5.74, 6) is -0.152. The van der Waals surface area contributed by atoms with Crippen molar-refractivity contribution in [3.8, 4) is 0 Å². The number of hydrogen-bond donors (Lipinski definition) is 0. The van der Waals surface area contributed by atoms with E-state index in [9.17, 15) is 4.79 Å². The Morgan fingerprint density at radius 2 is 1.27 bits per heavy atom. The second kappa shape index (κ2) is 8.86. The normalized spacial score (nSPS) is 10.3. The molecule has 0 unspecified atom stereocenters. The molecule has 0 heterocycles. The van der Waals surface area contributed by atoms with E-state index in [1.54, 1.807) is 6.92 Å². The van der Waals surface area contributed by atoms with Crippen molar-refractivity contribution in [3.63, 3.8) is 0 Å². The summed E-state index contributed by atoms with van der Waals surface area (Å²) >= 11 is 0. The summed E-state index contributed by atoms with van der Waals surface area (Å²) < 4.78 is 5.16. The lowest BCUT2D eigenvalue weighted by molar-refractivity contribution is -0.143. The predicted octanol–water partition coefficient (Wildman–Crippen LogP) is 5.65. The SMILES string of the molecule is CCC(=O)OCCc1ccc(N(c2ccccc2)c2ccccc2)cc1. The molecule has 26 heavy (non-hydrogen) atoms. The second-order valence-corrected chi connectivity index (χ2v) is 6.00. The first-order chi connectivity index (χ1) is 12.8. The first kappa shape index (κ1) is 17.7. The molecule has 0 aliphatic heterocycles. The first-order valence-corrected chi connectivity index (χ1v) is 8.92. The standard InChI is InChI=1S/C23H23NO2/c1-2-23(25)26-18-17-19-13-15-22(16-14-19)24(20-9-5-3-6-10-20)21-11-7-4-8-12-21/h3-16H,2,17-18H2,1H3. The van der Waals surface area contributed by atoms with Gasteiger partial charge in [-0.25, -0.2) is 0 Å². The van der Waals surface area contributed by atoms with Gasteiger partial charge in [0.15, 0.2) is 0 Å². The zero-order valence-electron chi connectivity index (χ0n) is 15.0. The first-order valence-electron chi connectivity index (χ1n) is 8.92. The Kier molecular flexibility index (Phi) is 6.05. The van der Waals surface area contributed by atoms with Gasteiger partial charge in [0.25, 0.3) is 0 Å². The van der Waals surface area contributed by atoms with Crippen molar-refractivity contribution in [1.29, 1.82) is 0 Å². The van der Waals surface area contributed by atoms with Crippen LogP contribution in [0.25, 0.3) is 0 Å². The average molecular weight is 345 g/mol. The number of ether oxygens (including phenoxy) is 1. The number of benzene rings is 3. The van der Waals surface area contributed by atoms with Crippen LogP contribution in [0, 0.1) is 0 Å². The van der Waals surface area contributed by atoms with Crippen LogP contribution >= 0.6 is 0 Å². The summed E-state index contributed by atoms with van der Waals surface area (Å²) in [6.45, 7) is 2.23. The van der Waals surface area contributed by atoms with Crippen LogP contribution < -0.4 is 4.90 Å². The summed E-state index contributed by atoms with van der Waals surface area (Å²) in [7, 11) is 0. The maximum atomic E-state index is 11.2. The third-order valence-electron chi connectivity index (χ3n) is 4.17. The van der Waals surface area contributed by atoms with Crippen molar-refractivity contribution in [1.82, 2.24) is 0 Å². The molecule has 3 aromatic rings. The van der Waals surface area contributed by atoms with Gasteiger partial charge in [-0.05, 0) is 42.0 Å². The van der Waals surface area contributed by atoms with Crippen molar-refractivity contribution >= 4 is 23.0 Å². The van der Waals surface area contributed by atoms with Crippen molar-refractivity contribution in [3.05, 3.63) is 90.5 Å². The molecule has 0 amide bonds. The predicted molar refractivity (Wildman–Crippen MR) is 106 cm³/mol. The van der Waals surface area contributed by atoms with Crippen molar-refractivity contribution in [2.45, 2.75) is 19.8 Å². The van der Waals surface area contributed by atoms with Gasteiger partial charge < -0.3 is 9.64 Å². The van der Waals surface area contributed by atoms with E-state index in [4.69, 9.17) is 4.74 Å². The number of para-hydroxylation sites is 2. The van der Waals surface area contributed by atoms with Crippen LogP contribution in [0.1, 0.15) is 18.9 Å². The Bertz CT molecular complexity index is 774. The lowest BCUT2D eigenvalue weighted by Crippen LogP contribution is -2.10. The summed E-state index contributed by atoms with van der Waals surface area (Å²) in [6.07, 6.45) is 1.14. The van der Waals surface area contributed by atoms with Crippen molar-refractivity contribution in [2.24, 2.45) is 0 Å². The summed E-state index contributed by atoms with van der Waals surface area (Å²) in [5, 5.41) is 0. The number of anilines is 3. The quantitative estimate of drug-likeness (QED) is 0.518. The third kappa shape index (κ3) is 4.51. The molecule has 3 rings (SSSR count). The minimum absolute atomic E-state index is 0.152. The van der Waals surface area contributed by atoms with E-state index in [1.807, 2.05) is 36.4 Å². The Balaban J connectivity index is 1.80. The van der Waals surface area contributed by atoms with Gasteiger partial charge in [-0.1, -0.05) is 55.5 Å². The van der Waals surface area contributed by atoms with Gasteiger partial charge in [-0.2, -0.15) is 0 Å². The Morgan fingerprint density at radius 1 is 0.769 bits per heavy atom. The van der Waals surface area contributed by atoms with Gasteiger partial charge in [-0.3, -0.25) is 4.79 Å². The molecule has 0 radical (unpaired) electrons. The fraction of sp³-hybridized carbons (Fsp3) is 0.174. The molecular weight excluding hydrogens is 322 g/mol. The number of rotatable bonds is 7. The fourth-order valence-corrected chi connectivity index (χ4v) is 2.80. The highest BCUT2D eigenvalue weighted by Gasteiger charge is 2.11. The van der Waals surface area contributed by atoms with Crippen LogP contribution in [0.2, 0.25) is 0 Å². The van der Waals surface area contributed by atoms with Gasteiger partial charge in [0.2, 0.25) is 0 Å². The van der Waals surface area contributed by atoms with Crippen molar-refractivity contribution in [2.75, 3.05) is 11.5 Å². The number of carbonyl (C=O) groups is 1. The van der Waals surface area contributed by atoms with Crippen LogP contribution in [-0.4, -0.2) is 12.6 Å². The van der Waals surface area contributed by atoms with E-state index in [1.165, 1.54) is 0 Å². The van der Waals surface area contributed by atoms with E-state index in [2.05, 4.69) is 53.4 Å². The third-order valence-corrected chi connectivity index (χ3v) is 4.17. The minimum Gasteiger partial charge on any atom is -0.465 e. The highest BCUT2D eigenvalue weighted by Crippen LogP contribution is 2.33. The lowest BCUT2D eigenvalue weighted by Gasteiger charge is -2.25. The smallest absolute Gasteiger partial charge is 0.305 e. The van der Waals surface area contributed by atoms with Crippen LogP contribution in [0.4, 0.5) is 17.1 Å².